The average molecular weight is 408 g/mol. The lowest BCUT2D eigenvalue weighted by atomic mass is 10.1. The number of nitrogens with one attached hydrogen (secondary N) is 3. The Bertz CT molecular complexity index is 1240. The van der Waals surface area contributed by atoms with E-state index in [2.05, 4.69) is 14.4 Å². The number of aromatic amines is 1. The molecule has 27 heavy (non-hydrogen) atoms. The summed E-state index contributed by atoms with van der Waals surface area (Å²) in [6.07, 6.45) is 2.81. The summed E-state index contributed by atoms with van der Waals surface area (Å²) in [5, 5.41) is 0.881. The molecule has 0 radical (unpaired) electrons. The Hall–Kier alpha value is -2.52. The van der Waals surface area contributed by atoms with E-state index in [0.29, 0.717) is 22.4 Å². The molecule has 0 spiro atoms. The van der Waals surface area contributed by atoms with Crippen LogP contribution in [0.4, 0.5) is 11.4 Å². The molecule has 0 aliphatic heterocycles. The molecular formula is C18H21N3O4S2. The van der Waals surface area contributed by atoms with Crippen molar-refractivity contribution in [2.24, 2.45) is 0 Å². The van der Waals surface area contributed by atoms with Crippen LogP contribution in [0.5, 0.6) is 0 Å². The molecular weight excluding hydrogens is 386 g/mol. The molecule has 3 rings (SSSR count). The third-order valence-corrected chi connectivity index (χ3v) is 6.51. The van der Waals surface area contributed by atoms with E-state index in [1.54, 1.807) is 51.2 Å². The van der Waals surface area contributed by atoms with Crippen LogP contribution in [0, 0.1) is 20.8 Å². The van der Waals surface area contributed by atoms with Gasteiger partial charge in [0, 0.05) is 22.8 Å². The summed E-state index contributed by atoms with van der Waals surface area (Å²) in [4.78, 5) is 3.12. The fraction of sp³-hybridized carbons (Fsp3) is 0.222. The third kappa shape index (κ3) is 3.93. The van der Waals surface area contributed by atoms with Gasteiger partial charge in [0.15, 0.2) is 0 Å². The SMILES string of the molecule is Cc1cc(C)c(S(=O)(=O)Nc2ccc3[nH]ccc3c2)c(C)c1NS(C)(=O)=O. The number of sulfonamides is 2. The molecule has 1 aromatic heterocycles. The fourth-order valence-electron chi connectivity index (χ4n) is 3.25. The third-order valence-electron chi connectivity index (χ3n) is 4.26. The lowest BCUT2D eigenvalue weighted by Gasteiger charge is -2.18. The zero-order chi connectivity index (χ0) is 20.0. The van der Waals surface area contributed by atoms with Crippen LogP contribution in [0.15, 0.2) is 41.4 Å². The van der Waals surface area contributed by atoms with Gasteiger partial charge in [-0.1, -0.05) is 6.07 Å². The Kier molecular flexibility index (Phi) is 4.69. The van der Waals surface area contributed by atoms with Crippen LogP contribution in [0.25, 0.3) is 10.9 Å². The van der Waals surface area contributed by atoms with Gasteiger partial charge in [-0.2, -0.15) is 0 Å². The first-order valence-corrected chi connectivity index (χ1v) is 11.5. The highest BCUT2D eigenvalue weighted by Gasteiger charge is 2.24. The van der Waals surface area contributed by atoms with E-state index in [4.69, 9.17) is 0 Å². The molecule has 0 aliphatic carbocycles. The van der Waals surface area contributed by atoms with Gasteiger partial charge in [-0.3, -0.25) is 9.44 Å². The smallest absolute Gasteiger partial charge is 0.262 e. The Labute approximate surface area is 158 Å². The first kappa shape index (κ1) is 19.2. The molecule has 0 fully saturated rings. The largest absolute Gasteiger partial charge is 0.361 e. The van der Waals surface area contributed by atoms with E-state index in [9.17, 15) is 16.8 Å². The predicted molar refractivity (Wildman–Crippen MR) is 108 cm³/mol. The minimum atomic E-state index is -3.92. The van der Waals surface area contributed by atoms with Crippen molar-refractivity contribution in [3.63, 3.8) is 0 Å². The zero-order valence-electron chi connectivity index (χ0n) is 15.4. The van der Waals surface area contributed by atoms with Crippen molar-refractivity contribution >= 4 is 42.3 Å². The Morgan fingerprint density at radius 1 is 0.889 bits per heavy atom. The van der Waals surface area contributed by atoms with Crippen LogP contribution in [0.3, 0.4) is 0 Å². The highest BCUT2D eigenvalue weighted by Crippen LogP contribution is 2.32. The summed E-state index contributed by atoms with van der Waals surface area (Å²) in [5.74, 6) is 0. The number of rotatable bonds is 5. The molecule has 0 bridgehead atoms. The molecule has 3 aromatic rings. The second-order valence-corrected chi connectivity index (χ2v) is 9.97. The summed E-state index contributed by atoms with van der Waals surface area (Å²) in [5.41, 5.74) is 3.17. The maximum atomic E-state index is 13.1. The van der Waals surface area contributed by atoms with E-state index < -0.39 is 20.0 Å². The highest BCUT2D eigenvalue weighted by molar-refractivity contribution is 7.93. The summed E-state index contributed by atoms with van der Waals surface area (Å²) in [6, 6.07) is 8.70. The Morgan fingerprint density at radius 3 is 2.26 bits per heavy atom. The number of benzene rings is 2. The molecule has 7 nitrogen and oxygen atoms in total. The topological polar surface area (TPSA) is 108 Å². The van der Waals surface area contributed by atoms with Gasteiger partial charge in [0.2, 0.25) is 10.0 Å². The minimum Gasteiger partial charge on any atom is -0.361 e. The minimum absolute atomic E-state index is 0.0633. The number of aryl methyl sites for hydroxylation is 2. The molecule has 0 unspecified atom stereocenters. The Balaban J connectivity index is 2.09. The van der Waals surface area contributed by atoms with Crippen molar-refractivity contribution in [3.05, 3.63) is 53.2 Å². The molecule has 0 aliphatic rings. The summed E-state index contributed by atoms with van der Waals surface area (Å²) in [6.45, 7) is 5.02. The summed E-state index contributed by atoms with van der Waals surface area (Å²) < 4.78 is 54.4. The summed E-state index contributed by atoms with van der Waals surface area (Å²) in [7, 11) is -7.46. The van der Waals surface area contributed by atoms with Crippen molar-refractivity contribution in [1.82, 2.24) is 4.98 Å². The number of anilines is 2. The number of fused-ring (bicyclic) bond motifs is 1. The summed E-state index contributed by atoms with van der Waals surface area (Å²) >= 11 is 0. The predicted octanol–water partition coefficient (Wildman–Crippen LogP) is 3.27. The van der Waals surface area contributed by atoms with Crippen LogP contribution in [0.2, 0.25) is 0 Å². The molecule has 0 saturated carbocycles. The molecule has 144 valence electrons. The van der Waals surface area contributed by atoms with Gasteiger partial charge < -0.3 is 4.98 Å². The number of hydrogen-bond acceptors (Lipinski definition) is 4. The first-order chi connectivity index (χ1) is 12.5. The van der Waals surface area contributed by atoms with Crippen LogP contribution in [-0.2, 0) is 20.0 Å². The molecule has 3 N–H and O–H groups in total. The monoisotopic (exact) mass is 407 g/mol. The van der Waals surface area contributed by atoms with Gasteiger partial charge in [-0.15, -0.1) is 0 Å². The molecule has 2 aromatic carbocycles. The number of H-pyrrole nitrogens is 1. The van der Waals surface area contributed by atoms with E-state index >= 15 is 0 Å². The maximum absolute atomic E-state index is 13.1. The van der Waals surface area contributed by atoms with Gasteiger partial charge >= 0.3 is 0 Å². The second kappa shape index (κ2) is 6.58. The Morgan fingerprint density at radius 2 is 1.59 bits per heavy atom. The number of aromatic nitrogens is 1. The van der Waals surface area contributed by atoms with E-state index in [1.165, 1.54) is 0 Å². The van der Waals surface area contributed by atoms with Gasteiger partial charge in [0.05, 0.1) is 16.8 Å². The fourth-order valence-corrected chi connectivity index (χ4v) is 5.46. The van der Waals surface area contributed by atoms with E-state index in [-0.39, 0.29) is 10.6 Å². The van der Waals surface area contributed by atoms with Crippen LogP contribution in [0.1, 0.15) is 16.7 Å². The van der Waals surface area contributed by atoms with Crippen LogP contribution in [-0.4, -0.2) is 28.1 Å². The van der Waals surface area contributed by atoms with Gasteiger partial charge in [0.25, 0.3) is 10.0 Å². The van der Waals surface area contributed by atoms with Crippen molar-refractivity contribution in [2.45, 2.75) is 25.7 Å². The van der Waals surface area contributed by atoms with Gasteiger partial charge in [-0.25, -0.2) is 16.8 Å². The normalized spacial score (nSPS) is 12.3. The van der Waals surface area contributed by atoms with Crippen molar-refractivity contribution in [3.8, 4) is 0 Å². The first-order valence-electron chi connectivity index (χ1n) is 8.16. The number of hydrogen-bond donors (Lipinski definition) is 3. The lowest BCUT2D eigenvalue weighted by Crippen LogP contribution is -2.19. The second-order valence-electron chi connectivity index (χ2n) is 6.60. The molecule has 9 heteroatoms. The van der Waals surface area contributed by atoms with E-state index in [0.717, 1.165) is 17.2 Å². The van der Waals surface area contributed by atoms with Gasteiger partial charge in [0.1, 0.15) is 0 Å². The van der Waals surface area contributed by atoms with Crippen molar-refractivity contribution in [1.29, 1.82) is 0 Å². The lowest BCUT2D eigenvalue weighted by molar-refractivity contribution is 0.599. The van der Waals surface area contributed by atoms with Crippen molar-refractivity contribution in [2.75, 3.05) is 15.7 Å². The van der Waals surface area contributed by atoms with Crippen LogP contribution >= 0.6 is 0 Å². The molecule has 1 heterocycles. The molecule has 0 amide bonds. The molecule has 0 saturated heterocycles. The van der Waals surface area contributed by atoms with Gasteiger partial charge in [-0.05, 0) is 61.7 Å². The van der Waals surface area contributed by atoms with E-state index in [1.807, 2.05) is 6.07 Å². The zero-order valence-corrected chi connectivity index (χ0v) is 17.0. The highest BCUT2D eigenvalue weighted by atomic mass is 32.2. The average Bonchev–Trinajstić information content (AvgIpc) is 2.97. The quantitative estimate of drug-likeness (QED) is 0.603. The van der Waals surface area contributed by atoms with Crippen molar-refractivity contribution < 1.29 is 16.8 Å². The van der Waals surface area contributed by atoms with Crippen LogP contribution < -0.4 is 9.44 Å². The molecule has 0 atom stereocenters. The maximum Gasteiger partial charge on any atom is 0.262 e. The standard InChI is InChI=1S/C18H21N3O4S2/c1-11-9-12(2)18(13(3)17(11)21-26(4,22)23)27(24,25)20-15-5-6-16-14(10-15)7-8-19-16/h5-10,19-21H,1-4H3.